The Bertz CT molecular complexity index is 243. The lowest BCUT2D eigenvalue weighted by molar-refractivity contribution is 0.970. The van der Waals surface area contributed by atoms with Crippen LogP contribution < -0.4 is 5.73 Å². The van der Waals surface area contributed by atoms with Crippen molar-refractivity contribution in [2.75, 3.05) is 0 Å². The van der Waals surface area contributed by atoms with E-state index in [1.54, 1.807) is 0 Å². The van der Waals surface area contributed by atoms with Crippen LogP contribution in [0.25, 0.3) is 0 Å². The fourth-order valence-corrected chi connectivity index (χ4v) is 1.15. The van der Waals surface area contributed by atoms with Crippen LogP contribution in [0.3, 0.4) is 0 Å². The van der Waals surface area contributed by atoms with Crippen LogP contribution in [0.2, 0.25) is 0 Å². The van der Waals surface area contributed by atoms with Gasteiger partial charge in [0.25, 0.3) is 0 Å². The summed E-state index contributed by atoms with van der Waals surface area (Å²) in [4.78, 5) is 4.20. The molecule has 1 aromatic rings. The fraction of sp³-hybridized carbons (Fsp3) is 0.444. The molecule has 2 heteroatoms. The van der Waals surface area contributed by atoms with E-state index in [4.69, 9.17) is 5.73 Å². The minimum absolute atomic E-state index is 0.618. The number of nitrogens with zero attached hydrogens (tertiary/aromatic N) is 1. The molecule has 0 spiro atoms. The number of nitrogens with two attached hydrogens (primary N) is 1. The van der Waals surface area contributed by atoms with Gasteiger partial charge in [0.15, 0.2) is 0 Å². The number of aryl methyl sites for hydroxylation is 2. The second-order valence-electron chi connectivity index (χ2n) is 2.65. The zero-order valence-electron chi connectivity index (χ0n) is 7.09. The third-order valence-corrected chi connectivity index (χ3v) is 1.82. The van der Waals surface area contributed by atoms with E-state index < -0.39 is 0 Å². The molecule has 2 nitrogen and oxygen atoms in total. The summed E-state index contributed by atoms with van der Waals surface area (Å²) in [6.07, 6.45) is 2.93. The van der Waals surface area contributed by atoms with Gasteiger partial charge in [-0.3, -0.25) is 4.98 Å². The molecule has 0 aliphatic carbocycles. The third-order valence-electron chi connectivity index (χ3n) is 1.82. The predicted octanol–water partition coefficient (Wildman–Crippen LogP) is 1.41. The topological polar surface area (TPSA) is 38.9 Å². The highest BCUT2D eigenvalue weighted by molar-refractivity contribution is 5.25. The van der Waals surface area contributed by atoms with Gasteiger partial charge in [0, 0.05) is 18.4 Å². The van der Waals surface area contributed by atoms with Crippen molar-refractivity contribution in [3.05, 3.63) is 29.1 Å². The Morgan fingerprint density at radius 1 is 1.45 bits per heavy atom. The van der Waals surface area contributed by atoms with Crippen molar-refractivity contribution in [2.45, 2.75) is 26.8 Å². The van der Waals surface area contributed by atoms with Crippen LogP contribution in [0.4, 0.5) is 0 Å². The molecule has 0 saturated carbocycles. The van der Waals surface area contributed by atoms with Crippen LogP contribution in [0.1, 0.15) is 23.7 Å². The van der Waals surface area contributed by atoms with Gasteiger partial charge in [-0.2, -0.15) is 0 Å². The van der Waals surface area contributed by atoms with E-state index in [1.165, 1.54) is 11.1 Å². The molecule has 2 N–H and O–H groups in total. The highest BCUT2D eigenvalue weighted by atomic mass is 14.7. The lowest BCUT2D eigenvalue weighted by Gasteiger charge is -2.04. The summed E-state index contributed by atoms with van der Waals surface area (Å²) >= 11 is 0. The SMILES string of the molecule is CCc1cnc(C)cc1CN. The quantitative estimate of drug-likeness (QED) is 0.692. The van der Waals surface area contributed by atoms with Crippen LogP contribution >= 0.6 is 0 Å². The molecule has 60 valence electrons. The van der Waals surface area contributed by atoms with E-state index in [0.29, 0.717) is 6.54 Å². The van der Waals surface area contributed by atoms with Crippen molar-refractivity contribution < 1.29 is 0 Å². The molecule has 1 heterocycles. The number of aromatic nitrogens is 1. The number of hydrogen-bond acceptors (Lipinski definition) is 2. The van der Waals surface area contributed by atoms with Gasteiger partial charge >= 0.3 is 0 Å². The van der Waals surface area contributed by atoms with Gasteiger partial charge in [-0.15, -0.1) is 0 Å². The molecule has 0 atom stereocenters. The Hall–Kier alpha value is -0.890. The number of rotatable bonds is 2. The maximum atomic E-state index is 5.57. The van der Waals surface area contributed by atoms with Gasteiger partial charge in [-0.1, -0.05) is 6.92 Å². The number of hydrogen-bond donors (Lipinski definition) is 1. The highest BCUT2D eigenvalue weighted by Gasteiger charge is 1.98. The van der Waals surface area contributed by atoms with Crippen molar-refractivity contribution in [1.29, 1.82) is 0 Å². The smallest absolute Gasteiger partial charge is 0.0376 e. The molecule has 0 bridgehead atoms. The first-order valence-corrected chi connectivity index (χ1v) is 3.92. The van der Waals surface area contributed by atoms with Crippen LogP contribution in [0, 0.1) is 6.92 Å². The Labute approximate surface area is 67.5 Å². The molecular weight excluding hydrogens is 136 g/mol. The summed E-state index contributed by atoms with van der Waals surface area (Å²) in [7, 11) is 0. The van der Waals surface area contributed by atoms with Crippen LogP contribution in [-0.2, 0) is 13.0 Å². The first-order valence-electron chi connectivity index (χ1n) is 3.92. The molecule has 11 heavy (non-hydrogen) atoms. The monoisotopic (exact) mass is 150 g/mol. The van der Waals surface area contributed by atoms with Gasteiger partial charge in [0.2, 0.25) is 0 Å². The molecule has 0 saturated heterocycles. The zero-order valence-corrected chi connectivity index (χ0v) is 7.09. The summed E-state index contributed by atoms with van der Waals surface area (Å²) in [6, 6.07) is 2.05. The van der Waals surface area contributed by atoms with E-state index in [-0.39, 0.29) is 0 Å². The zero-order chi connectivity index (χ0) is 8.27. The molecule has 0 amide bonds. The summed E-state index contributed by atoms with van der Waals surface area (Å²) in [6.45, 7) is 4.72. The van der Waals surface area contributed by atoms with Gasteiger partial charge < -0.3 is 5.73 Å². The molecule has 0 aromatic carbocycles. The van der Waals surface area contributed by atoms with Gasteiger partial charge in [0.1, 0.15) is 0 Å². The Balaban J connectivity index is 3.06. The van der Waals surface area contributed by atoms with Crippen molar-refractivity contribution in [3.8, 4) is 0 Å². The van der Waals surface area contributed by atoms with Crippen molar-refractivity contribution >= 4 is 0 Å². The van der Waals surface area contributed by atoms with Gasteiger partial charge in [-0.05, 0) is 30.5 Å². The highest BCUT2D eigenvalue weighted by Crippen LogP contribution is 2.08. The average molecular weight is 150 g/mol. The maximum absolute atomic E-state index is 5.57. The van der Waals surface area contributed by atoms with E-state index >= 15 is 0 Å². The average Bonchev–Trinajstić information content (AvgIpc) is 2.04. The van der Waals surface area contributed by atoms with Crippen molar-refractivity contribution in [3.63, 3.8) is 0 Å². The van der Waals surface area contributed by atoms with E-state index in [0.717, 1.165) is 12.1 Å². The second kappa shape index (κ2) is 3.49. The van der Waals surface area contributed by atoms with Crippen molar-refractivity contribution in [1.82, 2.24) is 4.98 Å². The van der Waals surface area contributed by atoms with E-state index in [9.17, 15) is 0 Å². The van der Waals surface area contributed by atoms with Crippen LogP contribution in [0.5, 0.6) is 0 Å². The van der Waals surface area contributed by atoms with Gasteiger partial charge in [-0.25, -0.2) is 0 Å². The molecule has 1 aromatic heterocycles. The Morgan fingerprint density at radius 2 is 2.18 bits per heavy atom. The molecule has 0 fully saturated rings. The van der Waals surface area contributed by atoms with Crippen LogP contribution in [0.15, 0.2) is 12.3 Å². The second-order valence-corrected chi connectivity index (χ2v) is 2.65. The largest absolute Gasteiger partial charge is 0.326 e. The standard InChI is InChI=1S/C9H14N2/c1-3-8-6-11-7(2)4-9(8)5-10/h4,6H,3,5,10H2,1-2H3. The van der Waals surface area contributed by atoms with Crippen LogP contribution in [-0.4, -0.2) is 4.98 Å². The Morgan fingerprint density at radius 3 is 2.73 bits per heavy atom. The molecule has 0 aliphatic heterocycles. The lowest BCUT2D eigenvalue weighted by Crippen LogP contribution is -2.02. The minimum Gasteiger partial charge on any atom is -0.326 e. The first kappa shape index (κ1) is 8.21. The Kier molecular flexibility index (Phi) is 2.60. The summed E-state index contributed by atoms with van der Waals surface area (Å²) in [5.74, 6) is 0. The van der Waals surface area contributed by atoms with E-state index in [1.807, 2.05) is 13.1 Å². The molecule has 0 unspecified atom stereocenters. The summed E-state index contributed by atoms with van der Waals surface area (Å²) in [5.41, 5.74) is 9.10. The maximum Gasteiger partial charge on any atom is 0.0376 e. The normalized spacial score (nSPS) is 10.1. The van der Waals surface area contributed by atoms with E-state index in [2.05, 4.69) is 18.0 Å². The lowest BCUT2D eigenvalue weighted by atomic mass is 10.1. The third kappa shape index (κ3) is 1.77. The molecular formula is C9H14N2. The predicted molar refractivity (Wildman–Crippen MR) is 46.2 cm³/mol. The molecule has 1 rings (SSSR count). The summed E-state index contributed by atoms with van der Waals surface area (Å²) < 4.78 is 0. The van der Waals surface area contributed by atoms with Crippen molar-refractivity contribution in [2.24, 2.45) is 5.73 Å². The first-order chi connectivity index (χ1) is 5.27. The summed E-state index contributed by atoms with van der Waals surface area (Å²) in [5, 5.41) is 0. The number of pyridine rings is 1. The fourth-order valence-electron chi connectivity index (χ4n) is 1.15. The molecule has 0 radical (unpaired) electrons. The molecule has 0 aliphatic rings. The van der Waals surface area contributed by atoms with Gasteiger partial charge in [0.05, 0.1) is 0 Å². The minimum atomic E-state index is 0.618.